The van der Waals surface area contributed by atoms with E-state index >= 15 is 0 Å². The Labute approximate surface area is 165 Å². The number of amides is 2. The molecule has 1 aliphatic rings. The lowest BCUT2D eigenvalue weighted by molar-refractivity contribution is -0.126. The van der Waals surface area contributed by atoms with Gasteiger partial charge in [-0.05, 0) is 19.1 Å². The number of hydrogen-bond donors (Lipinski definition) is 1. The Morgan fingerprint density at radius 3 is 2.93 bits per heavy atom. The second-order valence-electron chi connectivity index (χ2n) is 6.66. The largest absolute Gasteiger partial charge is 0.497 e. The van der Waals surface area contributed by atoms with Crippen LogP contribution in [-0.2, 0) is 16.1 Å². The van der Waals surface area contributed by atoms with Gasteiger partial charge in [0.1, 0.15) is 11.5 Å². The van der Waals surface area contributed by atoms with Crippen molar-refractivity contribution in [3.63, 3.8) is 0 Å². The van der Waals surface area contributed by atoms with E-state index in [1.807, 2.05) is 6.07 Å². The molecule has 0 bridgehead atoms. The summed E-state index contributed by atoms with van der Waals surface area (Å²) < 4.78 is 15.3. The van der Waals surface area contributed by atoms with Gasteiger partial charge in [-0.25, -0.2) is 0 Å². The van der Waals surface area contributed by atoms with Gasteiger partial charge in [0.05, 0.1) is 19.6 Å². The molecule has 150 valence electrons. The number of aryl methyl sites for hydroxylation is 1. The number of carbonyl (C=O) groups excluding carboxylic acids is 2. The molecular formula is C19H19N5O5. The zero-order chi connectivity index (χ0) is 20.4. The van der Waals surface area contributed by atoms with Crippen molar-refractivity contribution < 1.29 is 23.4 Å². The molecule has 1 aromatic carbocycles. The van der Waals surface area contributed by atoms with E-state index in [4.69, 9.17) is 13.8 Å². The van der Waals surface area contributed by atoms with Crippen LogP contribution in [-0.4, -0.2) is 40.8 Å². The van der Waals surface area contributed by atoms with E-state index in [0.717, 1.165) is 0 Å². The zero-order valence-corrected chi connectivity index (χ0v) is 15.9. The average Bonchev–Trinajstić information content (AvgIpc) is 3.46. The molecule has 4 rings (SSSR count). The maximum Gasteiger partial charge on any atom is 0.246 e. The molecule has 1 aliphatic heterocycles. The van der Waals surface area contributed by atoms with Crippen molar-refractivity contribution in [1.29, 1.82) is 0 Å². The number of carbonyl (C=O) groups is 2. The van der Waals surface area contributed by atoms with Crippen molar-refractivity contribution in [2.24, 2.45) is 5.92 Å². The number of ether oxygens (including phenoxy) is 1. The first-order chi connectivity index (χ1) is 14.0. The molecule has 0 radical (unpaired) electrons. The minimum absolute atomic E-state index is 0.0620. The van der Waals surface area contributed by atoms with Gasteiger partial charge in [-0.3, -0.25) is 9.59 Å². The van der Waals surface area contributed by atoms with E-state index < -0.39 is 5.92 Å². The van der Waals surface area contributed by atoms with Crippen LogP contribution in [0.15, 0.2) is 39.4 Å². The molecule has 29 heavy (non-hydrogen) atoms. The number of rotatable bonds is 6. The van der Waals surface area contributed by atoms with Gasteiger partial charge in [-0.15, -0.1) is 0 Å². The van der Waals surface area contributed by atoms with Gasteiger partial charge in [-0.2, -0.15) is 4.98 Å². The molecular weight excluding hydrogens is 378 g/mol. The molecule has 1 atom stereocenters. The lowest BCUT2D eigenvalue weighted by Gasteiger charge is -2.17. The minimum Gasteiger partial charge on any atom is -0.497 e. The summed E-state index contributed by atoms with van der Waals surface area (Å²) in [6.45, 7) is 2.12. The summed E-state index contributed by atoms with van der Waals surface area (Å²) in [6, 6.07) is 8.87. The number of methoxy groups -OCH3 is 1. The molecule has 0 spiro atoms. The molecule has 0 aliphatic carbocycles. The summed E-state index contributed by atoms with van der Waals surface area (Å²) in [6.07, 6.45) is 0.135. The van der Waals surface area contributed by atoms with E-state index in [9.17, 15) is 9.59 Å². The van der Waals surface area contributed by atoms with Gasteiger partial charge in [0.25, 0.3) is 0 Å². The Kier molecular flexibility index (Phi) is 4.98. The predicted molar refractivity (Wildman–Crippen MR) is 99.8 cm³/mol. The Bertz CT molecular complexity index is 1040. The molecule has 3 heterocycles. The highest BCUT2D eigenvalue weighted by Gasteiger charge is 2.35. The van der Waals surface area contributed by atoms with Crippen LogP contribution in [0.5, 0.6) is 5.75 Å². The van der Waals surface area contributed by atoms with Gasteiger partial charge in [0.2, 0.25) is 23.5 Å². The molecule has 0 saturated carbocycles. The van der Waals surface area contributed by atoms with E-state index in [-0.39, 0.29) is 36.5 Å². The topological polar surface area (TPSA) is 124 Å². The molecule has 1 N–H and O–H groups in total. The standard InChI is InChI=1S/C19H19N5O5/c1-11-6-15(22-28-11)18-21-16(29-23-18)9-20-19(26)12-7-17(25)24(10-12)13-4-3-5-14(8-13)27-2/h3-6,8,12H,7,9-10H2,1-2H3,(H,20,26)/t12-/m0/s1. The number of nitrogens with one attached hydrogen (secondary N) is 1. The second kappa shape index (κ2) is 7.74. The maximum atomic E-state index is 12.5. The summed E-state index contributed by atoms with van der Waals surface area (Å²) in [5.74, 6) is 0.980. The van der Waals surface area contributed by atoms with Gasteiger partial charge >= 0.3 is 0 Å². The summed E-state index contributed by atoms with van der Waals surface area (Å²) in [4.78, 5) is 30.7. The SMILES string of the molecule is COc1cccc(N2C[C@@H](C(=O)NCc3nc(-c4cc(C)on4)no3)CC2=O)c1. The lowest BCUT2D eigenvalue weighted by Crippen LogP contribution is -2.32. The second-order valence-corrected chi connectivity index (χ2v) is 6.66. The number of aromatic nitrogens is 3. The van der Waals surface area contributed by atoms with Gasteiger partial charge < -0.3 is 24.0 Å². The zero-order valence-electron chi connectivity index (χ0n) is 15.9. The first-order valence-corrected chi connectivity index (χ1v) is 9.02. The van der Waals surface area contributed by atoms with Crippen LogP contribution in [0.25, 0.3) is 11.5 Å². The minimum atomic E-state index is -0.464. The van der Waals surface area contributed by atoms with Crippen LogP contribution < -0.4 is 15.0 Å². The van der Waals surface area contributed by atoms with Crippen molar-refractivity contribution in [2.75, 3.05) is 18.6 Å². The van der Waals surface area contributed by atoms with Crippen molar-refractivity contribution in [2.45, 2.75) is 19.9 Å². The summed E-state index contributed by atoms with van der Waals surface area (Å²) in [5, 5.41) is 10.4. The fraction of sp³-hybridized carbons (Fsp3) is 0.316. The van der Waals surface area contributed by atoms with Crippen molar-refractivity contribution in [3.8, 4) is 17.3 Å². The van der Waals surface area contributed by atoms with E-state index in [1.54, 1.807) is 43.2 Å². The van der Waals surface area contributed by atoms with Crippen LogP contribution in [0.1, 0.15) is 18.1 Å². The maximum absolute atomic E-state index is 12.5. The first-order valence-electron chi connectivity index (χ1n) is 9.02. The smallest absolute Gasteiger partial charge is 0.246 e. The average molecular weight is 397 g/mol. The normalized spacial score (nSPS) is 16.3. The molecule has 10 nitrogen and oxygen atoms in total. The van der Waals surface area contributed by atoms with E-state index in [0.29, 0.717) is 29.4 Å². The monoisotopic (exact) mass is 397 g/mol. The number of benzene rings is 1. The highest BCUT2D eigenvalue weighted by Crippen LogP contribution is 2.28. The van der Waals surface area contributed by atoms with Crippen LogP contribution in [0.2, 0.25) is 0 Å². The fourth-order valence-corrected chi connectivity index (χ4v) is 3.12. The van der Waals surface area contributed by atoms with Crippen molar-refractivity contribution in [1.82, 2.24) is 20.6 Å². The molecule has 0 unspecified atom stereocenters. The van der Waals surface area contributed by atoms with Crippen LogP contribution >= 0.6 is 0 Å². The van der Waals surface area contributed by atoms with Gasteiger partial charge in [-0.1, -0.05) is 16.4 Å². The van der Waals surface area contributed by atoms with E-state index in [1.165, 1.54) is 0 Å². The number of nitrogens with zero attached hydrogens (tertiary/aromatic N) is 4. The van der Waals surface area contributed by atoms with Crippen molar-refractivity contribution in [3.05, 3.63) is 42.0 Å². The Balaban J connectivity index is 1.36. The molecule has 3 aromatic rings. The quantitative estimate of drug-likeness (QED) is 0.667. The summed E-state index contributed by atoms with van der Waals surface area (Å²) >= 11 is 0. The number of hydrogen-bond acceptors (Lipinski definition) is 8. The molecule has 10 heteroatoms. The summed E-state index contributed by atoms with van der Waals surface area (Å²) in [7, 11) is 1.56. The third kappa shape index (κ3) is 3.96. The Morgan fingerprint density at radius 2 is 2.17 bits per heavy atom. The van der Waals surface area contributed by atoms with Crippen LogP contribution in [0.3, 0.4) is 0 Å². The fourth-order valence-electron chi connectivity index (χ4n) is 3.12. The molecule has 1 saturated heterocycles. The predicted octanol–water partition coefficient (Wildman–Crippen LogP) is 1.71. The van der Waals surface area contributed by atoms with E-state index in [2.05, 4.69) is 20.6 Å². The molecule has 2 aromatic heterocycles. The van der Waals surface area contributed by atoms with Crippen LogP contribution in [0, 0.1) is 12.8 Å². The third-order valence-electron chi connectivity index (χ3n) is 4.60. The molecule has 2 amide bonds. The highest BCUT2D eigenvalue weighted by atomic mass is 16.5. The Morgan fingerprint density at radius 1 is 1.31 bits per heavy atom. The number of anilines is 1. The first kappa shape index (κ1) is 18.7. The lowest BCUT2D eigenvalue weighted by atomic mass is 10.1. The van der Waals surface area contributed by atoms with Crippen molar-refractivity contribution >= 4 is 17.5 Å². The summed E-state index contributed by atoms with van der Waals surface area (Å²) in [5.41, 5.74) is 1.16. The Hall–Kier alpha value is -3.69. The van der Waals surface area contributed by atoms with Crippen LogP contribution in [0.4, 0.5) is 5.69 Å². The highest BCUT2D eigenvalue weighted by molar-refractivity contribution is 6.00. The van der Waals surface area contributed by atoms with Gasteiger partial charge in [0.15, 0.2) is 5.69 Å². The molecule has 1 fully saturated rings. The third-order valence-corrected chi connectivity index (χ3v) is 4.60. The van der Waals surface area contributed by atoms with Gasteiger partial charge in [0, 0.05) is 30.8 Å².